The molecule has 0 heterocycles. The highest BCUT2D eigenvalue weighted by Crippen LogP contribution is 2.51. The first-order chi connectivity index (χ1) is 14.0. The number of halogens is 14. The Morgan fingerprint density at radius 3 is 1.00 bits per heavy atom. The van der Waals surface area contributed by atoms with E-state index in [9.17, 15) is 71.1 Å². The first kappa shape index (κ1) is 28.3. The van der Waals surface area contributed by atoms with Crippen molar-refractivity contribution in [2.45, 2.75) is 45.8 Å². The zero-order valence-corrected chi connectivity index (χ0v) is 15.9. The van der Waals surface area contributed by atoms with Crippen molar-refractivity contribution >= 4 is 33.8 Å². The molecule has 0 aromatic heterocycles. The molecule has 1 aromatic carbocycles. The molecule has 0 atom stereocenters. The average Bonchev–Trinajstić information content (AvgIpc) is 2.60. The normalized spacial score (nSPS) is 14.4. The number of hydrogen-bond acceptors (Lipinski definition) is 4. The van der Waals surface area contributed by atoms with Crippen LogP contribution in [0.1, 0.15) is 0 Å². The van der Waals surface area contributed by atoms with Crippen LogP contribution in [-0.2, 0) is 9.59 Å². The van der Waals surface area contributed by atoms with Crippen LogP contribution >= 0.6 is 23.5 Å². The minimum atomic E-state index is -6.90. The second-order valence-electron chi connectivity index (χ2n) is 5.52. The van der Waals surface area contributed by atoms with E-state index in [1.54, 1.807) is 0 Å². The number of benzene rings is 1. The Balaban J connectivity index is 3.25. The van der Waals surface area contributed by atoms with Gasteiger partial charge in [0.05, 0.1) is 0 Å². The van der Waals surface area contributed by atoms with E-state index < -0.39 is 79.6 Å². The van der Waals surface area contributed by atoms with Gasteiger partial charge in [0.25, 0.3) is 10.2 Å². The largest absolute Gasteiger partial charge is 0.460 e. The third-order valence-electron chi connectivity index (χ3n) is 3.27. The van der Waals surface area contributed by atoms with Crippen LogP contribution < -0.4 is 0 Å². The van der Waals surface area contributed by atoms with E-state index in [2.05, 4.69) is 0 Å². The highest BCUT2D eigenvalue weighted by Gasteiger charge is 2.77. The molecule has 32 heavy (non-hydrogen) atoms. The number of carbonyl (C=O) groups excluding carboxylic acids is 2. The highest BCUT2D eigenvalue weighted by atomic mass is 32.2. The van der Waals surface area contributed by atoms with Gasteiger partial charge in [-0.2, -0.15) is 61.5 Å². The molecule has 0 N–H and O–H groups in total. The Morgan fingerprint density at radius 1 is 0.531 bits per heavy atom. The summed E-state index contributed by atoms with van der Waals surface area (Å²) >= 11 is -2.22. The van der Waals surface area contributed by atoms with Crippen molar-refractivity contribution in [3.8, 4) is 0 Å². The first-order valence-electron chi connectivity index (χ1n) is 7.20. The summed E-state index contributed by atoms with van der Waals surface area (Å²) in [5.41, 5.74) is 0. The van der Waals surface area contributed by atoms with E-state index >= 15 is 0 Å². The van der Waals surface area contributed by atoms with E-state index in [1.165, 1.54) is 0 Å². The van der Waals surface area contributed by atoms with Crippen LogP contribution in [0.3, 0.4) is 0 Å². The lowest BCUT2D eigenvalue weighted by Crippen LogP contribution is -2.55. The molecule has 1 rings (SSSR count). The molecular formula is C14H4F14O2S2. The van der Waals surface area contributed by atoms with E-state index in [1.807, 2.05) is 0 Å². The SMILES string of the molecule is O=C(Sc1ccccc1SC(=O)C(F)(F)C(F)(F)C(F)(F)F)C(F)(F)C(F)(F)C(F)(F)F. The standard InChI is InChI=1S/C14H4F14O2S2/c15-9(16,11(19,20)13(23,24)25)7(29)31-5-3-1-2-4-6(5)32-8(30)10(17,18)12(21,22)14(26,27)28/h1-4H. The van der Waals surface area contributed by atoms with Crippen molar-refractivity contribution in [3.63, 3.8) is 0 Å². The van der Waals surface area contributed by atoms with Gasteiger partial charge >= 0.3 is 36.0 Å². The lowest BCUT2D eigenvalue weighted by molar-refractivity contribution is -0.341. The van der Waals surface area contributed by atoms with Crippen molar-refractivity contribution in [1.29, 1.82) is 0 Å². The zero-order chi connectivity index (χ0) is 25.6. The molecular weight excluding hydrogens is 530 g/mol. The molecule has 0 aliphatic carbocycles. The fraction of sp³-hybridized carbons (Fsp3) is 0.429. The Morgan fingerprint density at radius 2 is 0.781 bits per heavy atom. The van der Waals surface area contributed by atoms with Crippen LogP contribution in [0.15, 0.2) is 34.1 Å². The van der Waals surface area contributed by atoms with E-state index in [-0.39, 0.29) is 0 Å². The predicted octanol–water partition coefficient (Wildman–Crippen LogP) is 6.59. The summed E-state index contributed by atoms with van der Waals surface area (Å²) < 4.78 is 178. The maximum Gasteiger partial charge on any atom is 0.460 e. The van der Waals surface area contributed by atoms with Gasteiger partial charge in [-0.1, -0.05) is 12.1 Å². The van der Waals surface area contributed by atoms with Gasteiger partial charge in [0.1, 0.15) is 0 Å². The second-order valence-corrected chi connectivity index (χ2v) is 7.55. The molecule has 0 saturated carbocycles. The third-order valence-corrected chi connectivity index (χ3v) is 5.43. The maximum atomic E-state index is 13.4. The predicted molar refractivity (Wildman–Crippen MR) is 80.1 cm³/mol. The topological polar surface area (TPSA) is 34.1 Å². The van der Waals surface area contributed by atoms with Crippen LogP contribution in [0.25, 0.3) is 0 Å². The maximum absolute atomic E-state index is 13.4. The molecule has 18 heteroatoms. The van der Waals surface area contributed by atoms with Gasteiger partial charge in [0, 0.05) is 9.79 Å². The Hall–Kier alpha value is -1.72. The second kappa shape index (κ2) is 8.57. The summed E-state index contributed by atoms with van der Waals surface area (Å²) in [6, 6.07) is 2.43. The van der Waals surface area contributed by atoms with Gasteiger partial charge in [-0.05, 0) is 35.7 Å². The fourth-order valence-corrected chi connectivity index (χ4v) is 3.35. The van der Waals surface area contributed by atoms with E-state index in [0.29, 0.717) is 12.1 Å². The molecule has 0 bridgehead atoms. The summed E-state index contributed by atoms with van der Waals surface area (Å²) in [6.07, 6.45) is -13.8. The monoisotopic (exact) mass is 534 g/mol. The Kier molecular flexibility index (Phi) is 7.58. The van der Waals surface area contributed by atoms with Crippen molar-refractivity contribution in [3.05, 3.63) is 24.3 Å². The van der Waals surface area contributed by atoms with Crippen molar-refractivity contribution < 1.29 is 71.1 Å². The van der Waals surface area contributed by atoms with Crippen LogP contribution in [0.5, 0.6) is 0 Å². The van der Waals surface area contributed by atoms with Crippen molar-refractivity contribution in [1.82, 2.24) is 0 Å². The van der Waals surface area contributed by atoms with Crippen LogP contribution in [-0.4, -0.2) is 46.3 Å². The van der Waals surface area contributed by atoms with Gasteiger partial charge in [0.2, 0.25) is 0 Å². The number of alkyl halides is 14. The molecule has 0 unspecified atom stereocenters. The Labute approximate surface area is 175 Å². The summed E-state index contributed by atoms with van der Waals surface area (Å²) in [5, 5.41) is -6.37. The zero-order valence-electron chi connectivity index (χ0n) is 14.2. The van der Waals surface area contributed by atoms with Crippen molar-refractivity contribution in [2.75, 3.05) is 0 Å². The molecule has 0 saturated heterocycles. The van der Waals surface area contributed by atoms with Crippen LogP contribution in [0, 0.1) is 0 Å². The smallest absolute Gasteiger partial charge is 0.280 e. The number of hydrogen-bond donors (Lipinski definition) is 0. The first-order valence-corrected chi connectivity index (χ1v) is 8.83. The minimum absolute atomic E-state index is 0.444. The number of carbonyl (C=O) groups is 2. The van der Waals surface area contributed by atoms with Crippen molar-refractivity contribution in [2.24, 2.45) is 0 Å². The minimum Gasteiger partial charge on any atom is -0.280 e. The van der Waals surface area contributed by atoms with Gasteiger partial charge in [-0.25, -0.2) is 0 Å². The molecule has 0 aliphatic rings. The molecule has 0 fully saturated rings. The van der Waals surface area contributed by atoms with Crippen LogP contribution in [0.2, 0.25) is 0 Å². The summed E-state index contributed by atoms with van der Waals surface area (Å²) in [4.78, 5) is 20.4. The summed E-state index contributed by atoms with van der Waals surface area (Å²) in [5.74, 6) is -26.6. The summed E-state index contributed by atoms with van der Waals surface area (Å²) in [6.45, 7) is 0. The molecule has 1 aromatic rings. The van der Waals surface area contributed by atoms with Gasteiger partial charge in [-0.15, -0.1) is 0 Å². The third kappa shape index (κ3) is 4.94. The van der Waals surface area contributed by atoms with E-state index in [0.717, 1.165) is 12.1 Å². The lowest BCUT2D eigenvalue weighted by atomic mass is 10.2. The molecule has 0 radical (unpaired) electrons. The van der Waals surface area contributed by atoms with Gasteiger partial charge < -0.3 is 0 Å². The number of thioether (sulfide) groups is 2. The molecule has 2 nitrogen and oxygen atoms in total. The molecule has 0 amide bonds. The quantitative estimate of drug-likeness (QED) is 0.305. The number of rotatable bonds is 6. The lowest BCUT2D eigenvalue weighted by Gasteiger charge is -2.27. The molecule has 0 spiro atoms. The fourth-order valence-electron chi connectivity index (χ4n) is 1.56. The summed E-state index contributed by atoms with van der Waals surface area (Å²) in [7, 11) is 0. The van der Waals surface area contributed by atoms with Gasteiger partial charge in [0.15, 0.2) is 0 Å². The average molecular weight is 534 g/mol. The van der Waals surface area contributed by atoms with Crippen LogP contribution in [0.4, 0.5) is 61.5 Å². The van der Waals surface area contributed by atoms with E-state index in [4.69, 9.17) is 0 Å². The molecule has 0 aliphatic heterocycles. The molecule has 182 valence electrons. The van der Waals surface area contributed by atoms with Gasteiger partial charge in [-0.3, -0.25) is 9.59 Å². The Bertz CT molecular complexity index is 804. The highest BCUT2D eigenvalue weighted by molar-refractivity contribution is 8.16.